The zero-order valence-electron chi connectivity index (χ0n) is 15.2. The van der Waals surface area contributed by atoms with Gasteiger partial charge in [-0.05, 0) is 24.1 Å². The SMILES string of the molecule is COC(=O)c1cnn2c(-c3cc(Cl)cc(Cl)c3)c(C(C)=O)nc2c1C(C)C. The van der Waals surface area contributed by atoms with Crippen LogP contribution in [0.2, 0.25) is 10.0 Å². The average molecular weight is 406 g/mol. The number of hydrogen-bond donors (Lipinski definition) is 0. The van der Waals surface area contributed by atoms with Gasteiger partial charge in [0.1, 0.15) is 11.4 Å². The van der Waals surface area contributed by atoms with Gasteiger partial charge in [0.25, 0.3) is 0 Å². The second kappa shape index (κ2) is 7.29. The van der Waals surface area contributed by atoms with Gasteiger partial charge in [-0.2, -0.15) is 5.10 Å². The van der Waals surface area contributed by atoms with Crippen LogP contribution < -0.4 is 0 Å². The summed E-state index contributed by atoms with van der Waals surface area (Å²) in [6.07, 6.45) is 1.43. The fourth-order valence-electron chi connectivity index (χ4n) is 3.04. The van der Waals surface area contributed by atoms with E-state index in [0.717, 1.165) is 0 Å². The van der Waals surface area contributed by atoms with Crippen molar-refractivity contribution in [2.75, 3.05) is 7.11 Å². The van der Waals surface area contributed by atoms with Crippen LogP contribution in [0, 0.1) is 0 Å². The first-order chi connectivity index (χ1) is 12.7. The topological polar surface area (TPSA) is 73.6 Å². The summed E-state index contributed by atoms with van der Waals surface area (Å²) in [5, 5.41) is 5.20. The van der Waals surface area contributed by atoms with Crippen LogP contribution in [0.15, 0.2) is 24.4 Å². The number of fused-ring (bicyclic) bond motifs is 1. The molecule has 0 amide bonds. The Morgan fingerprint density at radius 1 is 1.15 bits per heavy atom. The minimum absolute atomic E-state index is 0.0531. The molecule has 0 aliphatic carbocycles. The summed E-state index contributed by atoms with van der Waals surface area (Å²) in [6, 6.07) is 4.98. The lowest BCUT2D eigenvalue weighted by atomic mass is 10.00. The van der Waals surface area contributed by atoms with Gasteiger partial charge in [-0.15, -0.1) is 0 Å². The van der Waals surface area contributed by atoms with Gasteiger partial charge >= 0.3 is 5.97 Å². The number of benzene rings is 1. The van der Waals surface area contributed by atoms with Crippen LogP contribution in [0.1, 0.15) is 53.1 Å². The molecule has 1 aromatic carbocycles. The number of carbonyl (C=O) groups is 2. The minimum Gasteiger partial charge on any atom is -0.465 e. The number of ketones is 1. The molecule has 0 N–H and O–H groups in total. The van der Waals surface area contributed by atoms with Gasteiger partial charge in [0.15, 0.2) is 11.4 Å². The number of halogens is 2. The van der Waals surface area contributed by atoms with Gasteiger partial charge in [0.05, 0.1) is 18.9 Å². The van der Waals surface area contributed by atoms with Crippen LogP contribution >= 0.6 is 23.2 Å². The fourth-order valence-corrected chi connectivity index (χ4v) is 3.57. The van der Waals surface area contributed by atoms with Crippen molar-refractivity contribution in [3.05, 3.63) is 51.3 Å². The third-order valence-corrected chi connectivity index (χ3v) is 4.58. The van der Waals surface area contributed by atoms with Crippen molar-refractivity contribution in [2.24, 2.45) is 0 Å². The molecule has 0 radical (unpaired) electrons. The minimum atomic E-state index is -0.506. The van der Waals surface area contributed by atoms with E-state index >= 15 is 0 Å². The highest BCUT2D eigenvalue weighted by molar-refractivity contribution is 6.35. The summed E-state index contributed by atoms with van der Waals surface area (Å²) >= 11 is 12.3. The average Bonchev–Trinajstić information content (AvgIpc) is 2.98. The standard InChI is InChI=1S/C19H17Cl2N3O3/c1-9(2)15-14(19(26)27-4)8-22-24-17(16(10(3)25)23-18(15)24)11-5-12(20)7-13(21)6-11/h5-9H,1-4H3. The maximum Gasteiger partial charge on any atom is 0.339 e. The fraction of sp³-hybridized carbons (Fsp3) is 0.263. The summed E-state index contributed by atoms with van der Waals surface area (Å²) in [4.78, 5) is 28.9. The van der Waals surface area contributed by atoms with Crippen LogP contribution in [-0.2, 0) is 4.74 Å². The Morgan fingerprint density at radius 2 is 1.78 bits per heavy atom. The molecule has 2 heterocycles. The number of carbonyl (C=O) groups excluding carboxylic acids is 2. The van der Waals surface area contributed by atoms with Crippen molar-refractivity contribution < 1.29 is 14.3 Å². The molecule has 27 heavy (non-hydrogen) atoms. The van der Waals surface area contributed by atoms with Crippen molar-refractivity contribution in [1.29, 1.82) is 0 Å². The number of nitrogens with zero attached hydrogens (tertiary/aromatic N) is 3. The summed E-state index contributed by atoms with van der Waals surface area (Å²) in [7, 11) is 1.31. The number of rotatable bonds is 4. The van der Waals surface area contributed by atoms with Gasteiger partial charge in [0, 0.05) is 28.1 Å². The third-order valence-electron chi connectivity index (χ3n) is 4.14. The Bertz CT molecular complexity index is 1050. The van der Waals surface area contributed by atoms with Crippen molar-refractivity contribution in [2.45, 2.75) is 26.7 Å². The van der Waals surface area contributed by atoms with Crippen LogP contribution in [0.4, 0.5) is 0 Å². The van der Waals surface area contributed by atoms with E-state index in [1.54, 1.807) is 22.7 Å². The maximum absolute atomic E-state index is 12.3. The number of hydrogen-bond acceptors (Lipinski definition) is 5. The van der Waals surface area contributed by atoms with Gasteiger partial charge in [-0.3, -0.25) is 4.79 Å². The van der Waals surface area contributed by atoms with E-state index < -0.39 is 5.97 Å². The molecule has 140 valence electrons. The molecule has 0 unspecified atom stereocenters. The maximum atomic E-state index is 12.3. The first-order valence-corrected chi connectivity index (χ1v) is 8.97. The van der Waals surface area contributed by atoms with Gasteiger partial charge in [0.2, 0.25) is 0 Å². The van der Waals surface area contributed by atoms with Crippen molar-refractivity contribution in [3.8, 4) is 11.3 Å². The summed E-state index contributed by atoms with van der Waals surface area (Å²) in [5.41, 5.74) is 2.70. The Hall–Kier alpha value is -2.44. The highest BCUT2D eigenvalue weighted by Crippen LogP contribution is 2.33. The van der Waals surface area contributed by atoms with Gasteiger partial charge in [-0.25, -0.2) is 14.3 Å². The third kappa shape index (κ3) is 3.42. The largest absolute Gasteiger partial charge is 0.465 e. The number of ether oxygens (including phenoxy) is 1. The molecule has 0 atom stereocenters. The van der Waals surface area contributed by atoms with E-state index in [2.05, 4.69) is 10.1 Å². The first-order valence-electron chi connectivity index (χ1n) is 8.22. The van der Waals surface area contributed by atoms with E-state index in [1.165, 1.54) is 20.2 Å². The van der Waals surface area contributed by atoms with Gasteiger partial charge < -0.3 is 4.74 Å². The highest BCUT2D eigenvalue weighted by Gasteiger charge is 2.26. The quantitative estimate of drug-likeness (QED) is 0.459. The molecule has 8 heteroatoms. The Morgan fingerprint density at radius 3 is 2.30 bits per heavy atom. The van der Waals surface area contributed by atoms with Crippen molar-refractivity contribution in [1.82, 2.24) is 14.6 Å². The predicted molar refractivity (Wildman–Crippen MR) is 104 cm³/mol. The second-order valence-electron chi connectivity index (χ2n) is 6.38. The molecule has 0 aliphatic heterocycles. The lowest BCUT2D eigenvalue weighted by molar-refractivity contribution is 0.0598. The normalized spacial score (nSPS) is 11.2. The molecule has 0 saturated heterocycles. The van der Waals surface area contributed by atoms with E-state index in [4.69, 9.17) is 27.9 Å². The first kappa shape index (κ1) is 19.3. The molecule has 6 nitrogen and oxygen atoms in total. The zero-order valence-corrected chi connectivity index (χ0v) is 16.7. The van der Waals surface area contributed by atoms with Gasteiger partial charge in [-0.1, -0.05) is 37.0 Å². The van der Waals surface area contributed by atoms with Crippen LogP contribution in [0.3, 0.4) is 0 Å². The van der Waals surface area contributed by atoms with Crippen LogP contribution in [0.5, 0.6) is 0 Å². The molecule has 0 fully saturated rings. The Kier molecular flexibility index (Phi) is 5.22. The molecule has 0 bridgehead atoms. The van der Waals surface area contributed by atoms with Crippen molar-refractivity contribution in [3.63, 3.8) is 0 Å². The Labute approximate surface area is 166 Å². The second-order valence-corrected chi connectivity index (χ2v) is 7.25. The highest BCUT2D eigenvalue weighted by atomic mass is 35.5. The number of aromatic nitrogens is 3. The van der Waals surface area contributed by atoms with Crippen molar-refractivity contribution >= 4 is 40.6 Å². The number of methoxy groups -OCH3 is 1. The smallest absolute Gasteiger partial charge is 0.339 e. The molecule has 3 aromatic rings. The lowest BCUT2D eigenvalue weighted by Gasteiger charge is -2.12. The monoisotopic (exact) mass is 405 g/mol. The molecule has 2 aromatic heterocycles. The number of Topliss-reactive ketones (excluding diaryl/α,β-unsaturated/α-hetero) is 1. The summed E-state index contributed by atoms with van der Waals surface area (Å²) < 4.78 is 6.40. The van der Waals surface area contributed by atoms with Crippen LogP contribution in [-0.4, -0.2) is 33.5 Å². The van der Waals surface area contributed by atoms with Crippen LogP contribution in [0.25, 0.3) is 16.9 Å². The molecule has 0 spiro atoms. The van der Waals surface area contributed by atoms with E-state index in [-0.39, 0.29) is 17.4 Å². The summed E-state index contributed by atoms with van der Waals surface area (Å²) in [5.74, 6) is -0.794. The molecule has 0 saturated carbocycles. The molecule has 3 rings (SSSR count). The van der Waals surface area contributed by atoms with E-state index in [1.807, 2.05) is 13.8 Å². The lowest BCUT2D eigenvalue weighted by Crippen LogP contribution is -2.11. The number of esters is 1. The molecule has 0 aliphatic rings. The molecular formula is C19H17Cl2N3O3. The molecular weight excluding hydrogens is 389 g/mol. The van der Waals surface area contributed by atoms with E-state index in [0.29, 0.717) is 38.1 Å². The number of imidazole rings is 1. The van der Waals surface area contributed by atoms with E-state index in [9.17, 15) is 9.59 Å². The summed E-state index contributed by atoms with van der Waals surface area (Å²) in [6.45, 7) is 5.29. The Balaban J connectivity index is 2.44. The predicted octanol–water partition coefficient (Wildman–Crippen LogP) is 4.82. The zero-order chi connectivity index (χ0) is 19.9.